The molecule has 0 fully saturated rings. The van der Waals surface area contributed by atoms with Crippen LogP contribution >= 0.6 is 0 Å². The van der Waals surface area contributed by atoms with E-state index in [1.807, 2.05) is 0 Å². The van der Waals surface area contributed by atoms with Gasteiger partial charge in [-0.2, -0.15) is 0 Å². The standard InChI is InChI=1S/C16H14F2O3/c17-12-5-3-4-11(10-12)13(16(19)20)8-9-21-15-7-2-1-6-14(15)18/h1-7,10,13H,8-9H2,(H,19,20). The molecule has 110 valence electrons. The molecule has 2 aromatic carbocycles. The summed E-state index contributed by atoms with van der Waals surface area (Å²) in [5, 5.41) is 9.22. The van der Waals surface area contributed by atoms with Crippen molar-refractivity contribution in [2.45, 2.75) is 12.3 Å². The van der Waals surface area contributed by atoms with Crippen LogP contribution in [0.1, 0.15) is 17.9 Å². The van der Waals surface area contributed by atoms with E-state index in [1.54, 1.807) is 12.1 Å². The predicted octanol–water partition coefficient (Wildman–Crippen LogP) is 3.60. The van der Waals surface area contributed by atoms with E-state index in [1.165, 1.54) is 36.4 Å². The van der Waals surface area contributed by atoms with Crippen LogP contribution in [0.2, 0.25) is 0 Å². The lowest BCUT2D eigenvalue weighted by molar-refractivity contribution is -0.139. The summed E-state index contributed by atoms with van der Waals surface area (Å²) in [7, 11) is 0. The van der Waals surface area contributed by atoms with E-state index in [0.717, 1.165) is 0 Å². The van der Waals surface area contributed by atoms with Crippen molar-refractivity contribution in [3.63, 3.8) is 0 Å². The van der Waals surface area contributed by atoms with Crippen LogP contribution < -0.4 is 4.74 Å². The molecule has 0 saturated carbocycles. The molecular formula is C16H14F2O3. The maximum Gasteiger partial charge on any atom is 0.311 e. The number of hydrogen-bond donors (Lipinski definition) is 1. The monoisotopic (exact) mass is 292 g/mol. The first-order chi connectivity index (χ1) is 10.1. The second kappa shape index (κ2) is 6.83. The van der Waals surface area contributed by atoms with Crippen molar-refractivity contribution in [3.05, 3.63) is 65.7 Å². The molecule has 3 nitrogen and oxygen atoms in total. The number of hydrogen-bond acceptors (Lipinski definition) is 2. The van der Waals surface area contributed by atoms with Crippen LogP contribution in [0, 0.1) is 11.6 Å². The first-order valence-electron chi connectivity index (χ1n) is 6.43. The number of carboxylic acids is 1. The molecule has 0 aliphatic heterocycles. The zero-order valence-corrected chi connectivity index (χ0v) is 11.1. The minimum Gasteiger partial charge on any atom is -0.490 e. The summed E-state index contributed by atoms with van der Waals surface area (Å²) in [5.41, 5.74) is 0.361. The molecule has 0 aromatic heterocycles. The third-order valence-corrected chi connectivity index (χ3v) is 3.05. The Morgan fingerprint density at radius 3 is 2.57 bits per heavy atom. The molecule has 0 aliphatic rings. The average Bonchev–Trinajstić information content (AvgIpc) is 2.45. The maximum absolute atomic E-state index is 13.4. The maximum atomic E-state index is 13.4. The molecule has 21 heavy (non-hydrogen) atoms. The Morgan fingerprint density at radius 2 is 1.90 bits per heavy atom. The number of carbonyl (C=O) groups is 1. The van der Waals surface area contributed by atoms with Gasteiger partial charge in [0.25, 0.3) is 0 Å². The van der Waals surface area contributed by atoms with Gasteiger partial charge in [-0.25, -0.2) is 8.78 Å². The van der Waals surface area contributed by atoms with Crippen molar-refractivity contribution in [1.29, 1.82) is 0 Å². The van der Waals surface area contributed by atoms with Crippen molar-refractivity contribution < 1.29 is 23.4 Å². The van der Waals surface area contributed by atoms with Crippen LogP contribution in [-0.4, -0.2) is 17.7 Å². The molecule has 0 heterocycles. The van der Waals surface area contributed by atoms with Crippen LogP contribution in [0.25, 0.3) is 0 Å². The van der Waals surface area contributed by atoms with Crippen LogP contribution in [0.4, 0.5) is 8.78 Å². The summed E-state index contributed by atoms with van der Waals surface area (Å²) in [6, 6.07) is 11.3. The summed E-state index contributed by atoms with van der Waals surface area (Å²) in [6.07, 6.45) is 0.118. The second-order valence-corrected chi connectivity index (χ2v) is 4.51. The van der Waals surface area contributed by atoms with E-state index < -0.39 is 23.5 Å². The number of para-hydroxylation sites is 1. The molecule has 5 heteroatoms. The Morgan fingerprint density at radius 1 is 1.14 bits per heavy atom. The van der Waals surface area contributed by atoms with Gasteiger partial charge in [0.15, 0.2) is 11.6 Å². The molecule has 0 bridgehead atoms. The van der Waals surface area contributed by atoms with Gasteiger partial charge in [0, 0.05) is 0 Å². The fourth-order valence-electron chi connectivity index (χ4n) is 2.00. The summed E-state index contributed by atoms with van der Waals surface area (Å²) in [5.74, 6) is -2.89. The lowest BCUT2D eigenvalue weighted by Crippen LogP contribution is -2.15. The second-order valence-electron chi connectivity index (χ2n) is 4.51. The van der Waals surface area contributed by atoms with Gasteiger partial charge in [0.1, 0.15) is 5.82 Å². The van der Waals surface area contributed by atoms with Gasteiger partial charge >= 0.3 is 5.97 Å². The topological polar surface area (TPSA) is 46.5 Å². The van der Waals surface area contributed by atoms with E-state index in [4.69, 9.17) is 4.74 Å². The van der Waals surface area contributed by atoms with E-state index in [-0.39, 0.29) is 18.8 Å². The van der Waals surface area contributed by atoms with Crippen molar-refractivity contribution >= 4 is 5.97 Å². The SMILES string of the molecule is O=C(O)C(CCOc1ccccc1F)c1cccc(F)c1. The van der Waals surface area contributed by atoms with Crippen LogP contribution in [0.3, 0.4) is 0 Å². The lowest BCUT2D eigenvalue weighted by atomic mass is 9.96. The van der Waals surface area contributed by atoms with Gasteiger partial charge in [-0.05, 0) is 36.2 Å². The summed E-state index contributed by atoms with van der Waals surface area (Å²) >= 11 is 0. The van der Waals surface area contributed by atoms with Crippen molar-refractivity contribution in [1.82, 2.24) is 0 Å². The predicted molar refractivity (Wildman–Crippen MR) is 73.3 cm³/mol. The highest BCUT2D eigenvalue weighted by molar-refractivity contribution is 5.76. The Labute approximate surface area is 120 Å². The fraction of sp³-hybridized carbons (Fsp3) is 0.188. The molecule has 0 aliphatic carbocycles. The summed E-state index contributed by atoms with van der Waals surface area (Å²) < 4.78 is 31.8. The summed E-state index contributed by atoms with van der Waals surface area (Å²) in [6.45, 7) is 0.0222. The molecule has 0 amide bonds. The fourth-order valence-corrected chi connectivity index (χ4v) is 2.00. The number of carboxylic acid groups (broad SMARTS) is 1. The molecule has 1 unspecified atom stereocenters. The van der Waals surface area contributed by atoms with Gasteiger partial charge in [-0.3, -0.25) is 4.79 Å². The van der Waals surface area contributed by atoms with Crippen LogP contribution in [0.5, 0.6) is 5.75 Å². The van der Waals surface area contributed by atoms with E-state index >= 15 is 0 Å². The van der Waals surface area contributed by atoms with Gasteiger partial charge in [-0.1, -0.05) is 24.3 Å². The quantitative estimate of drug-likeness (QED) is 0.884. The average molecular weight is 292 g/mol. The minimum atomic E-state index is -1.07. The van der Waals surface area contributed by atoms with Gasteiger partial charge in [0.05, 0.1) is 12.5 Å². The van der Waals surface area contributed by atoms with Crippen LogP contribution in [-0.2, 0) is 4.79 Å². The molecule has 0 saturated heterocycles. The van der Waals surface area contributed by atoms with Gasteiger partial charge in [-0.15, -0.1) is 0 Å². The van der Waals surface area contributed by atoms with Crippen molar-refractivity contribution in [3.8, 4) is 5.75 Å². The first-order valence-corrected chi connectivity index (χ1v) is 6.43. The molecular weight excluding hydrogens is 278 g/mol. The highest BCUT2D eigenvalue weighted by atomic mass is 19.1. The van der Waals surface area contributed by atoms with E-state index in [2.05, 4.69) is 0 Å². The molecule has 0 radical (unpaired) electrons. The molecule has 1 atom stereocenters. The normalized spacial score (nSPS) is 11.9. The van der Waals surface area contributed by atoms with Gasteiger partial charge in [0.2, 0.25) is 0 Å². The Balaban J connectivity index is 2.01. The van der Waals surface area contributed by atoms with Crippen molar-refractivity contribution in [2.24, 2.45) is 0 Å². The molecule has 0 spiro atoms. The Bertz CT molecular complexity index is 628. The highest BCUT2D eigenvalue weighted by Gasteiger charge is 2.20. The highest BCUT2D eigenvalue weighted by Crippen LogP contribution is 2.22. The largest absolute Gasteiger partial charge is 0.490 e. The number of benzene rings is 2. The third kappa shape index (κ3) is 4.02. The third-order valence-electron chi connectivity index (χ3n) is 3.05. The zero-order valence-electron chi connectivity index (χ0n) is 11.1. The van der Waals surface area contributed by atoms with E-state index in [9.17, 15) is 18.7 Å². The number of rotatable bonds is 6. The number of aliphatic carboxylic acids is 1. The Hall–Kier alpha value is -2.43. The number of ether oxygens (including phenoxy) is 1. The van der Waals surface area contributed by atoms with Crippen LogP contribution in [0.15, 0.2) is 48.5 Å². The zero-order chi connectivity index (χ0) is 15.2. The summed E-state index contributed by atoms with van der Waals surface area (Å²) in [4.78, 5) is 11.3. The lowest BCUT2D eigenvalue weighted by Gasteiger charge is -2.14. The molecule has 1 N–H and O–H groups in total. The number of halogens is 2. The molecule has 2 aromatic rings. The smallest absolute Gasteiger partial charge is 0.311 e. The minimum absolute atomic E-state index is 0.0222. The first kappa shape index (κ1) is 15.0. The van der Waals surface area contributed by atoms with Crippen molar-refractivity contribution in [2.75, 3.05) is 6.61 Å². The molecule has 2 rings (SSSR count). The van der Waals surface area contributed by atoms with Gasteiger partial charge < -0.3 is 9.84 Å². The Kier molecular flexibility index (Phi) is 4.87. The van der Waals surface area contributed by atoms with E-state index in [0.29, 0.717) is 5.56 Å².